The zero-order valence-corrected chi connectivity index (χ0v) is 13.1. The summed E-state index contributed by atoms with van der Waals surface area (Å²) in [4.78, 5) is 0. The Labute approximate surface area is 123 Å². The second-order valence-electron chi connectivity index (χ2n) is 6.09. The second kappa shape index (κ2) is 8.98. The van der Waals surface area contributed by atoms with Gasteiger partial charge in [0.25, 0.3) is 0 Å². The van der Waals surface area contributed by atoms with Crippen LogP contribution in [0.15, 0.2) is 24.3 Å². The van der Waals surface area contributed by atoms with E-state index in [0.29, 0.717) is 0 Å². The van der Waals surface area contributed by atoms with Gasteiger partial charge in [0.1, 0.15) is 5.75 Å². The van der Waals surface area contributed by atoms with Gasteiger partial charge in [-0.25, -0.2) is 0 Å². The molecule has 2 N–H and O–H groups in total. The molecule has 1 aromatic carbocycles. The summed E-state index contributed by atoms with van der Waals surface area (Å²) in [7, 11) is 0. The van der Waals surface area contributed by atoms with Crippen molar-refractivity contribution in [3.8, 4) is 5.75 Å². The Bertz CT molecular complexity index is 360. The lowest BCUT2D eigenvalue weighted by Gasteiger charge is -2.24. The minimum absolute atomic E-state index is 0.137. The molecule has 0 saturated heterocycles. The maximum atomic E-state index is 9.00. The van der Waals surface area contributed by atoms with Crippen LogP contribution in [-0.2, 0) is 6.54 Å². The molecule has 0 heterocycles. The Hall–Kier alpha value is -1.06. The van der Waals surface area contributed by atoms with E-state index in [0.717, 1.165) is 44.7 Å². The fourth-order valence-electron chi connectivity index (χ4n) is 1.97. The van der Waals surface area contributed by atoms with Crippen LogP contribution in [0.4, 0.5) is 0 Å². The van der Waals surface area contributed by atoms with Crippen LogP contribution in [0.5, 0.6) is 5.75 Å². The molecule has 3 heteroatoms. The topological polar surface area (TPSA) is 41.5 Å². The van der Waals surface area contributed by atoms with E-state index in [9.17, 15) is 0 Å². The number of unbranched alkanes of at least 4 members (excludes halogenated alkanes) is 1. The molecule has 0 fully saturated rings. The smallest absolute Gasteiger partial charge is 0.119 e. The highest BCUT2D eigenvalue weighted by Crippen LogP contribution is 2.18. The van der Waals surface area contributed by atoms with Crippen molar-refractivity contribution in [3.05, 3.63) is 29.8 Å². The lowest BCUT2D eigenvalue weighted by molar-refractivity contribution is 0.207. The molecule has 0 bridgehead atoms. The molecule has 114 valence electrons. The van der Waals surface area contributed by atoms with Crippen LogP contribution >= 0.6 is 0 Å². The monoisotopic (exact) mass is 279 g/mol. The summed E-state index contributed by atoms with van der Waals surface area (Å²) in [5.74, 6) is 0.947. The fourth-order valence-corrected chi connectivity index (χ4v) is 1.97. The summed E-state index contributed by atoms with van der Waals surface area (Å²) in [5.41, 5.74) is 1.39. The molecule has 0 saturated carbocycles. The van der Waals surface area contributed by atoms with Crippen LogP contribution in [0, 0.1) is 5.41 Å². The van der Waals surface area contributed by atoms with Crippen molar-refractivity contribution in [2.24, 2.45) is 5.41 Å². The van der Waals surface area contributed by atoms with Crippen LogP contribution in [0.2, 0.25) is 0 Å². The van der Waals surface area contributed by atoms with E-state index >= 15 is 0 Å². The maximum Gasteiger partial charge on any atom is 0.119 e. The number of benzene rings is 1. The third-order valence-corrected chi connectivity index (χ3v) is 3.41. The Morgan fingerprint density at radius 2 is 1.90 bits per heavy atom. The average molecular weight is 279 g/mol. The summed E-state index contributed by atoms with van der Waals surface area (Å²) in [6.07, 6.45) is 3.08. The average Bonchev–Trinajstić information content (AvgIpc) is 2.40. The van der Waals surface area contributed by atoms with Gasteiger partial charge in [0.15, 0.2) is 0 Å². The molecule has 0 aliphatic rings. The largest absolute Gasteiger partial charge is 0.494 e. The SMILES string of the molecule is CCCCOc1ccc(CNCC(C)(C)CCO)cc1. The minimum Gasteiger partial charge on any atom is -0.494 e. The number of ether oxygens (including phenoxy) is 1. The van der Waals surface area contributed by atoms with Crippen molar-refractivity contribution in [1.29, 1.82) is 0 Å². The first-order chi connectivity index (χ1) is 9.57. The number of hydrogen-bond acceptors (Lipinski definition) is 3. The summed E-state index contributed by atoms with van der Waals surface area (Å²) < 4.78 is 5.64. The lowest BCUT2D eigenvalue weighted by atomic mass is 9.90. The van der Waals surface area contributed by atoms with E-state index in [1.807, 2.05) is 12.1 Å². The van der Waals surface area contributed by atoms with Gasteiger partial charge in [0, 0.05) is 19.7 Å². The van der Waals surface area contributed by atoms with Gasteiger partial charge in [0.2, 0.25) is 0 Å². The molecule has 0 atom stereocenters. The van der Waals surface area contributed by atoms with Gasteiger partial charge in [-0.2, -0.15) is 0 Å². The molecule has 0 aromatic heterocycles. The van der Waals surface area contributed by atoms with Crippen LogP contribution in [0.1, 0.15) is 45.6 Å². The third-order valence-electron chi connectivity index (χ3n) is 3.41. The first-order valence-corrected chi connectivity index (χ1v) is 7.61. The van der Waals surface area contributed by atoms with Gasteiger partial charge in [-0.05, 0) is 36.0 Å². The van der Waals surface area contributed by atoms with Crippen LogP contribution < -0.4 is 10.1 Å². The van der Waals surface area contributed by atoms with E-state index < -0.39 is 0 Å². The number of hydrogen-bond donors (Lipinski definition) is 2. The van der Waals surface area contributed by atoms with Gasteiger partial charge < -0.3 is 15.2 Å². The fraction of sp³-hybridized carbons (Fsp3) is 0.647. The molecular formula is C17H29NO2. The van der Waals surface area contributed by atoms with E-state index in [2.05, 4.69) is 38.2 Å². The lowest BCUT2D eigenvalue weighted by Crippen LogP contribution is -2.29. The molecule has 3 nitrogen and oxygen atoms in total. The van der Waals surface area contributed by atoms with Gasteiger partial charge in [-0.1, -0.05) is 39.3 Å². The summed E-state index contributed by atoms with van der Waals surface area (Å²) in [6.45, 7) is 9.30. The first kappa shape index (κ1) is 17.0. The third kappa shape index (κ3) is 6.92. The van der Waals surface area contributed by atoms with Crippen LogP contribution in [0.25, 0.3) is 0 Å². The van der Waals surface area contributed by atoms with Gasteiger partial charge >= 0.3 is 0 Å². The van der Waals surface area contributed by atoms with E-state index in [1.165, 1.54) is 5.56 Å². The van der Waals surface area contributed by atoms with Crippen molar-refractivity contribution in [1.82, 2.24) is 5.32 Å². The highest BCUT2D eigenvalue weighted by atomic mass is 16.5. The highest BCUT2D eigenvalue weighted by molar-refractivity contribution is 5.27. The number of nitrogens with one attached hydrogen (secondary N) is 1. The summed E-state index contributed by atoms with van der Waals surface area (Å²) in [6, 6.07) is 8.28. The normalized spacial score (nSPS) is 11.6. The van der Waals surface area contributed by atoms with Gasteiger partial charge in [-0.3, -0.25) is 0 Å². The summed E-state index contributed by atoms with van der Waals surface area (Å²) >= 11 is 0. The van der Waals surface area contributed by atoms with E-state index in [4.69, 9.17) is 9.84 Å². The van der Waals surface area contributed by atoms with Crippen molar-refractivity contribution < 1.29 is 9.84 Å². The Balaban J connectivity index is 2.31. The van der Waals surface area contributed by atoms with Gasteiger partial charge in [0.05, 0.1) is 6.61 Å². The Kier molecular flexibility index (Phi) is 7.63. The molecule has 1 rings (SSSR count). The maximum absolute atomic E-state index is 9.00. The second-order valence-corrected chi connectivity index (χ2v) is 6.09. The Morgan fingerprint density at radius 1 is 1.20 bits per heavy atom. The van der Waals surface area contributed by atoms with E-state index in [1.54, 1.807) is 0 Å². The number of aliphatic hydroxyl groups is 1. The zero-order chi connectivity index (χ0) is 14.8. The number of aliphatic hydroxyl groups excluding tert-OH is 1. The van der Waals surface area contributed by atoms with Crippen LogP contribution in [-0.4, -0.2) is 24.9 Å². The molecule has 0 unspecified atom stereocenters. The minimum atomic E-state index is 0.137. The van der Waals surface area contributed by atoms with Crippen molar-refractivity contribution >= 4 is 0 Å². The molecule has 0 amide bonds. The highest BCUT2D eigenvalue weighted by Gasteiger charge is 2.16. The Morgan fingerprint density at radius 3 is 2.50 bits per heavy atom. The molecule has 0 spiro atoms. The molecule has 0 aliphatic heterocycles. The van der Waals surface area contributed by atoms with E-state index in [-0.39, 0.29) is 12.0 Å². The molecular weight excluding hydrogens is 250 g/mol. The van der Waals surface area contributed by atoms with Crippen molar-refractivity contribution in [3.63, 3.8) is 0 Å². The number of rotatable bonds is 10. The zero-order valence-electron chi connectivity index (χ0n) is 13.1. The van der Waals surface area contributed by atoms with Crippen molar-refractivity contribution in [2.45, 2.75) is 46.6 Å². The standard InChI is InChI=1S/C17H29NO2/c1-4-5-12-20-16-8-6-15(7-9-16)13-18-14-17(2,3)10-11-19/h6-9,18-19H,4-5,10-14H2,1-3H3. The quantitative estimate of drug-likeness (QED) is 0.645. The predicted octanol–water partition coefficient (Wildman–Crippen LogP) is 3.36. The molecule has 1 aromatic rings. The molecule has 0 radical (unpaired) electrons. The first-order valence-electron chi connectivity index (χ1n) is 7.61. The van der Waals surface area contributed by atoms with Crippen LogP contribution in [0.3, 0.4) is 0 Å². The van der Waals surface area contributed by atoms with Gasteiger partial charge in [-0.15, -0.1) is 0 Å². The molecule has 20 heavy (non-hydrogen) atoms. The van der Waals surface area contributed by atoms with Crippen molar-refractivity contribution in [2.75, 3.05) is 19.8 Å². The predicted molar refractivity (Wildman–Crippen MR) is 84.0 cm³/mol. The molecule has 0 aliphatic carbocycles. The summed E-state index contributed by atoms with van der Waals surface area (Å²) in [5, 5.41) is 12.4.